The van der Waals surface area contributed by atoms with E-state index in [9.17, 15) is 9.59 Å². The van der Waals surface area contributed by atoms with Gasteiger partial charge in [-0.05, 0) is 36.2 Å². The lowest BCUT2D eigenvalue weighted by atomic mass is 10.1. The van der Waals surface area contributed by atoms with Crippen LogP contribution < -0.4 is 15.4 Å². The molecule has 0 unspecified atom stereocenters. The molecule has 0 bridgehead atoms. The second-order valence-electron chi connectivity index (χ2n) is 7.22. The highest BCUT2D eigenvalue weighted by Crippen LogP contribution is 2.28. The number of ether oxygens (including phenoxy) is 1. The maximum atomic E-state index is 12.7. The molecule has 3 aromatic rings. The van der Waals surface area contributed by atoms with Crippen LogP contribution in [0.4, 0.5) is 11.4 Å². The summed E-state index contributed by atoms with van der Waals surface area (Å²) in [7, 11) is 1.52. The average Bonchev–Trinajstić information content (AvgIpc) is 3.19. The standard InChI is InChI=1S/C24H26ClN5O3S/c1-4-12-30-21(14-22(31)26-18-9-7-6-8-16(18)5-2)28-29-24(30)34-15-23(32)27-19-13-17(25)10-11-20(19)33-3/h4,6-11,13H,1,5,12,14-15H2,2-3H3,(H,26,31)(H,27,32). The number of thioether (sulfide) groups is 1. The quantitative estimate of drug-likeness (QED) is 0.295. The fourth-order valence-corrected chi connectivity index (χ4v) is 4.19. The first-order valence-corrected chi connectivity index (χ1v) is 12.0. The summed E-state index contributed by atoms with van der Waals surface area (Å²) in [6, 6.07) is 12.7. The van der Waals surface area contributed by atoms with Crippen LogP contribution in [0, 0.1) is 0 Å². The number of rotatable bonds is 11. The summed E-state index contributed by atoms with van der Waals surface area (Å²) in [5, 5.41) is 15.1. The van der Waals surface area contributed by atoms with Crippen molar-refractivity contribution in [3.63, 3.8) is 0 Å². The molecule has 0 radical (unpaired) electrons. The fraction of sp³-hybridized carbons (Fsp3) is 0.250. The molecule has 1 heterocycles. The lowest BCUT2D eigenvalue weighted by molar-refractivity contribution is -0.116. The molecule has 34 heavy (non-hydrogen) atoms. The predicted molar refractivity (Wildman–Crippen MR) is 136 cm³/mol. The zero-order valence-corrected chi connectivity index (χ0v) is 20.6. The number of carbonyl (C=O) groups excluding carboxylic acids is 2. The molecule has 0 saturated carbocycles. The highest BCUT2D eigenvalue weighted by Gasteiger charge is 2.17. The van der Waals surface area contributed by atoms with E-state index < -0.39 is 0 Å². The third kappa shape index (κ3) is 6.61. The summed E-state index contributed by atoms with van der Waals surface area (Å²) in [5.74, 6) is 0.637. The molecule has 0 saturated heterocycles. The number of hydrogen-bond acceptors (Lipinski definition) is 6. The second-order valence-corrected chi connectivity index (χ2v) is 8.59. The van der Waals surface area contributed by atoms with Crippen molar-refractivity contribution in [2.45, 2.75) is 31.5 Å². The van der Waals surface area contributed by atoms with Crippen molar-refractivity contribution in [1.29, 1.82) is 0 Å². The SMILES string of the molecule is C=CCn1c(CC(=O)Nc2ccccc2CC)nnc1SCC(=O)Nc1cc(Cl)ccc1OC. The number of halogens is 1. The monoisotopic (exact) mass is 499 g/mol. The molecule has 0 aliphatic rings. The normalized spacial score (nSPS) is 10.6. The topological polar surface area (TPSA) is 98.1 Å². The highest BCUT2D eigenvalue weighted by atomic mass is 35.5. The lowest BCUT2D eigenvalue weighted by Gasteiger charge is -2.11. The van der Waals surface area contributed by atoms with Gasteiger partial charge in [0.05, 0.1) is 25.0 Å². The molecule has 178 valence electrons. The molecule has 8 nitrogen and oxygen atoms in total. The van der Waals surface area contributed by atoms with E-state index in [1.54, 1.807) is 28.8 Å². The van der Waals surface area contributed by atoms with Crippen LogP contribution in [0.25, 0.3) is 0 Å². The number of methoxy groups -OCH3 is 1. The minimum absolute atomic E-state index is 0.0470. The number of aryl methyl sites for hydroxylation is 1. The van der Waals surface area contributed by atoms with Gasteiger partial charge < -0.3 is 19.9 Å². The van der Waals surface area contributed by atoms with E-state index in [0.717, 1.165) is 17.7 Å². The average molecular weight is 500 g/mol. The molecular weight excluding hydrogens is 474 g/mol. The lowest BCUT2D eigenvalue weighted by Crippen LogP contribution is -2.19. The minimum Gasteiger partial charge on any atom is -0.495 e. The second kappa shape index (κ2) is 12.2. The van der Waals surface area contributed by atoms with Gasteiger partial charge in [-0.1, -0.05) is 54.6 Å². The van der Waals surface area contributed by atoms with Crippen LogP contribution in [0.5, 0.6) is 5.75 Å². The van der Waals surface area contributed by atoms with E-state index in [2.05, 4.69) is 27.4 Å². The Balaban J connectivity index is 1.65. The Morgan fingerprint density at radius 1 is 1.15 bits per heavy atom. The van der Waals surface area contributed by atoms with Crippen molar-refractivity contribution < 1.29 is 14.3 Å². The van der Waals surface area contributed by atoms with Crippen molar-refractivity contribution in [2.75, 3.05) is 23.5 Å². The van der Waals surface area contributed by atoms with Crippen LogP contribution >= 0.6 is 23.4 Å². The van der Waals surface area contributed by atoms with Crippen LogP contribution in [-0.2, 0) is 29.0 Å². The van der Waals surface area contributed by atoms with Crippen molar-refractivity contribution in [1.82, 2.24) is 14.8 Å². The summed E-state index contributed by atoms with van der Waals surface area (Å²) in [5.41, 5.74) is 2.33. The minimum atomic E-state index is -0.255. The number of allylic oxidation sites excluding steroid dienone is 1. The van der Waals surface area contributed by atoms with Crippen molar-refractivity contribution in [3.8, 4) is 5.75 Å². The Morgan fingerprint density at radius 2 is 1.91 bits per heavy atom. The molecule has 0 atom stereocenters. The maximum absolute atomic E-state index is 12.7. The number of anilines is 2. The Labute approximate surface area is 207 Å². The number of aromatic nitrogens is 3. The molecule has 10 heteroatoms. The van der Waals surface area contributed by atoms with Gasteiger partial charge in [-0.15, -0.1) is 16.8 Å². The molecule has 2 N–H and O–H groups in total. The molecule has 1 aromatic heterocycles. The number of para-hydroxylation sites is 1. The van der Waals surface area contributed by atoms with E-state index >= 15 is 0 Å². The van der Waals surface area contributed by atoms with E-state index in [-0.39, 0.29) is 24.0 Å². The van der Waals surface area contributed by atoms with Gasteiger partial charge in [0.1, 0.15) is 11.6 Å². The van der Waals surface area contributed by atoms with Crippen LogP contribution in [0.2, 0.25) is 5.02 Å². The van der Waals surface area contributed by atoms with Gasteiger partial charge in [0.15, 0.2) is 5.16 Å². The summed E-state index contributed by atoms with van der Waals surface area (Å²) < 4.78 is 7.03. The summed E-state index contributed by atoms with van der Waals surface area (Å²) in [4.78, 5) is 25.2. The molecule has 0 spiro atoms. The van der Waals surface area contributed by atoms with Crippen molar-refractivity contribution >= 4 is 46.6 Å². The van der Waals surface area contributed by atoms with E-state index in [1.807, 2.05) is 31.2 Å². The zero-order chi connectivity index (χ0) is 24.5. The van der Waals surface area contributed by atoms with E-state index in [4.69, 9.17) is 16.3 Å². The fourth-order valence-electron chi connectivity index (χ4n) is 3.25. The number of amides is 2. The number of hydrogen-bond donors (Lipinski definition) is 2. The van der Waals surface area contributed by atoms with Crippen LogP contribution in [-0.4, -0.2) is 39.4 Å². The Morgan fingerprint density at radius 3 is 2.65 bits per heavy atom. The molecule has 3 rings (SSSR count). The van der Waals surface area contributed by atoms with Crippen LogP contribution in [0.15, 0.2) is 60.3 Å². The summed E-state index contributed by atoms with van der Waals surface area (Å²) in [6.07, 6.45) is 2.55. The largest absolute Gasteiger partial charge is 0.495 e. The van der Waals surface area contributed by atoms with Gasteiger partial charge in [-0.2, -0.15) is 0 Å². The van der Waals surface area contributed by atoms with Gasteiger partial charge in [-0.3, -0.25) is 9.59 Å². The van der Waals surface area contributed by atoms with Gasteiger partial charge >= 0.3 is 0 Å². The van der Waals surface area contributed by atoms with E-state index in [1.165, 1.54) is 18.9 Å². The first kappa shape index (κ1) is 25.3. The van der Waals surface area contributed by atoms with Crippen molar-refractivity contribution in [2.24, 2.45) is 0 Å². The first-order valence-electron chi connectivity index (χ1n) is 10.6. The number of carbonyl (C=O) groups is 2. The third-order valence-corrected chi connectivity index (χ3v) is 6.07. The maximum Gasteiger partial charge on any atom is 0.234 e. The Bertz CT molecular complexity index is 1180. The van der Waals surface area contributed by atoms with E-state index in [0.29, 0.717) is 34.0 Å². The molecule has 2 amide bonds. The zero-order valence-electron chi connectivity index (χ0n) is 19.0. The van der Waals surface area contributed by atoms with Crippen molar-refractivity contribution in [3.05, 3.63) is 71.5 Å². The van der Waals surface area contributed by atoms with Gasteiger partial charge in [0.2, 0.25) is 11.8 Å². The number of nitrogens with one attached hydrogen (secondary N) is 2. The third-order valence-electron chi connectivity index (χ3n) is 4.86. The van der Waals surface area contributed by atoms with Gasteiger partial charge in [0, 0.05) is 17.3 Å². The number of nitrogens with zero attached hydrogens (tertiary/aromatic N) is 3. The Hall–Kier alpha value is -3.30. The number of benzene rings is 2. The first-order chi connectivity index (χ1) is 16.4. The van der Waals surface area contributed by atoms with Crippen LogP contribution in [0.3, 0.4) is 0 Å². The molecular formula is C24H26ClN5O3S. The smallest absolute Gasteiger partial charge is 0.234 e. The molecule has 0 fully saturated rings. The van der Waals surface area contributed by atoms with Crippen LogP contribution in [0.1, 0.15) is 18.3 Å². The summed E-state index contributed by atoms with van der Waals surface area (Å²) >= 11 is 7.24. The highest BCUT2D eigenvalue weighted by molar-refractivity contribution is 7.99. The molecule has 0 aliphatic heterocycles. The van der Waals surface area contributed by atoms with Gasteiger partial charge in [-0.25, -0.2) is 0 Å². The van der Waals surface area contributed by atoms with Gasteiger partial charge in [0.25, 0.3) is 0 Å². The molecule has 2 aromatic carbocycles. The molecule has 0 aliphatic carbocycles. The predicted octanol–water partition coefficient (Wildman–Crippen LogP) is 4.60. The Kier molecular flexibility index (Phi) is 9.12. The summed E-state index contributed by atoms with van der Waals surface area (Å²) in [6.45, 7) is 6.22.